The van der Waals surface area contributed by atoms with Gasteiger partial charge >= 0.3 is 5.97 Å². The number of nitrogens with two attached hydrogens (primary N) is 1. The van der Waals surface area contributed by atoms with E-state index in [1.54, 1.807) is 20.8 Å². The highest BCUT2D eigenvalue weighted by atomic mass is 35.5. The Kier molecular flexibility index (Phi) is 7.79. The van der Waals surface area contributed by atoms with Crippen LogP contribution in [-0.4, -0.2) is 55.6 Å². The first-order chi connectivity index (χ1) is 15.0. The largest absolute Gasteiger partial charge is 0.496 e. The van der Waals surface area contributed by atoms with Crippen LogP contribution in [0.3, 0.4) is 0 Å². The zero-order valence-electron chi connectivity index (χ0n) is 18.9. The maximum absolute atomic E-state index is 13.3. The van der Waals surface area contributed by atoms with Crippen LogP contribution in [0.2, 0.25) is 5.02 Å². The van der Waals surface area contributed by atoms with E-state index in [0.29, 0.717) is 11.5 Å². The second-order valence-electron chi connectivity index (χ2n) is 7.86. The molecule has 32 heavy (non-hydrogen) atoms. The van der Waals surface area contributed by atoms with E-state index in [-0.39, 0.29) is 46.0 Å². The zero-order chi connectivity index (χ0) is 24.4. The number of carbonyl (C=O) groups is 3. The number of allylic oxidation sites excluding steroid dienone is 1. The molecule has 3 N–H and O–H groups in total. The minimum atomic E-state index is -1.42. The Bertz CT molecular complexity index is 958. The molecule has 2 aliphatic rings. The van der Waals surface area contributed by atoms with Crippen LogP contribution in [0.1, 0.15) is 37.6 Å². The predicted octanol–water partition coefficient (Wildman–Crippen LogP) is 2.86. The fourth-order valence-electron chi connectivity index (χ4n) is 3.58. The average molecular weight is 470 g/mol. The molecular formula is C22H28ClNO8. The number of ketones is 2. The molecule has 0 aromatic heterocycles. The number of methoxy groups -OCH3 is 3. The van der Waals surface area contributed by atoms with Crippen LogP contribution in [-0.2, 0) is 14.3 Å². The lowest BCUT2D eigenvalue weighted by atomic mass is 9.75. The molecule has 3 rings (SSSR count). The van der Waals surface area contributed by atoms with Gasteiger partial charge in [0, 0.05) is 24.5 Å². The number of aliphatic carboxylic acids is 1. The maximum Gasteiger partial charge on any atom is 0.320 e. The van der Waals surface area contributed by atoms with Crippen LogP contribution in [0.5, 0.6) is 17.2 Å². The van der Waals surface area contributed by atoms with Gasteiger partial charge in [-0.3, -0.25) is 14.4 Å². The number of Topliss-reactive ketones (excluding diaryl/α,β-unsaturated/α-hetero) is 1. The van der Waals surface area contributed by atoms with Crippen molar-refractivity contribution in [3.63, 3.8) is 0 Å². The van der Waals surface area contributed by atoms with Crippen molar-refractivity contribution in [1.82, 2.24) is 0 Å². The molecule has 1 heterocycles. The van der Waals surface area contributed by atoms with Crippen LogP contribution < -0.4 is 19.9 Å². The lowest BCUT2D eigenvalue weighted by Crippen LogP contribution is -2.51. The second kappa shape index (κ2) is 9.79. The van der Waals surface area contributed by atoms with E-state index >= 15 is 0 Å². The van der Waals surface area contributed by atoms with Gasteiger partial charge in [0.05, 0.1) is 21.3 Å². The summed E-state index contributed by atoms with van der Waals surface area (Å²) in [6.07, 6.45) is 1.48. The number of carboxylic acids is 1. The molecule has 0 fully saturated rings. The van der Waals surface area contributed by atoms with Gasteiger partial charge in [-0.25, -0.2) is 0 Å². The molecule has 0 bridgehead atoms. The van der Waals surface area contributed by atoms with Gasteiger partial charge in [0.25, 0.3) is 0 Å². The van der Waals surface area contributed by atoms with Crippen molar-refractivity contribution in [2.45, 2.75) is 38.8 Å². The molecule has 3 atom stereocenters. The summed E-state index contributed by atoms with van der Waals surface area (Å²) in [7, 11) is 4.31. The van der Waals surface area contributed by atoms with E-state index in [9.17, 15) is 14.4 Å². The van der Waals surface area contributed by atoms with E-state index in [0.717, 1.165) is 0 Å². The minimum Gasteiger partial charge on any atom is -0.496 e. The molecule has 0 unspecified atom stereocenters. The molecular weight excluding hydrogens is 442 g/mol. The highest BCUT2D eigenvalue weighted by Gasteiger charge is 2.59. The molecule has 9 nitrogen and oxygen atoms in total. The summed E-state index contributed by atoms with van der Waals surface area (Å²) in [6, 6.07) is 0.825. The number of rotatable bonds is 5. The fraction of sp³-hybridized carbons (Fsp3) is 0.500. The third-order valence-corrected chi connectivity index (χ3v) is 5.86. The highest BCUT2D eigenvalue weighted by molar-refractivity contribution is 6.35. The van der Waals surface area contributed by atoms with Gasteiger partial charge in [0.15, 0.2) is 17.3 Å². The van der Waals surface area contributed by atoms with Gasteiger partial charge in [-0.1, -0.05) is 32.4 Å². The van der Waals surface area contributed by atoms with Crippen LogP contribution in [0.15, 0.2) is 17.9 Å². The van der Waals surface area contributed by atoms with E-state index in [2.05, 4.69) is 0 Å². The van der Waals surface area contributed by atoms with Crippen LogP contribution in [0.4, 0.5) is 0 Å². The minimum absolute atomic E-state index is 0.0208. The summed E-state index contributed by atoms with van der Waals surface area (Å²) in [5.41, 5.74) is 3.97. The van der Waals surface area contributed by atoms with Gasteiger partial charge in [-0.15, -0.1) is 0 Å². The van der Waals surface area contributed by atoms with Crippen LogP contribution >= 0.6 is 11.6 Å². The maximum atomic E-state index is 13.3. The Morgan fingerprint density at radius 1 is 1.22 bits per heavy atom. The summed E-state index contributed by atoms with van der Waals surface area (Å²) in [4.78, 5) is 35.1. The summed E-state index contributed by atoms with van der Waals surface area (Å²) >= 11 is 6.33. The van der Waals surface area contributed by atoms with Crippen molar-refractivity contribution in [2.24, 2.45) is 17.6 Å². The van der Waals surface area contributed by atoms with Crippen LogP contribution in [0.25, 0.3) is 0 Å². The topological polar surface area (TPSA) is 134 Å². The van der Waals surface area contributed by atoms with Gasteiger partial charge in [0.2, 0.25) is 11.4 Å². The highest BCUT2D eigenvalue weighted by Crippen LogP contribution is 2.54. The Labute approximate surface area is 191 Å². The number of fused-ring (bicyclic) bond motifs is 1. The lowest BCUT2D eigenvalue weighted by Gasteiger charge is -2.36. The summed E-state index contributed by atoms with van der Waals surface area (Å²) < 4.78 is 21.9. The van der Waals surface area contributed by atoms with Crippen molar-refractivity contribution >= 4 is 29.1 Å². The van der Waals surface area contributed by atoms with Crippen LogP contribution in [0, 0.1) is 11.8 Å². The monoisotopic (exact) mass is 469 g/mol. The first kappa shape index (κ1) is 25.5. The number of hydrogen-bond acceptors (Lipinski definition) is 8. The van der Waals surface area contributed by atoms with Gasteiger partial charge in [0.1, 0.15) is 28.1 Å². The number of carbonyl (C=O) groups excluding carboxylic acids is 2. The second-order valence-corrected chi connectivity index (χ2v) is 8.24. The fourth-order valence-corrected chi connectivity index (χ4v) is 3.85. The molecule has 0 saturated carbocycles. The zero-order valence-corrected chi connectivity index (χ0v) is 19.6. The Morgan fingerprint density at radius 3 is 2.25 bits per heavy atom. The molecule has 176 valence electrons. The molecule has 10 heteroatoms. The standard InChI is InChI=1S/C17H17ClO6.C5H11NO2/c1-8-5-9(19)6-12(23-4)17(8)16(20)13-10(21-2)7-11(22-3)14(18)15(13)24-17;1-3(2)4(6)5(7)8/h6-8H,5H2,1-4H3;3-4H,6H2,1-2H3,(H,7,8)/t8-,17+;4-/m10/s1. The summed E-state index contributed by atoms with van der Waals surface area (Å²) in [5, 5.41) is 8.41. The lowest BCUT2D eigenvalue weighted by molar-refractivity contribution is -0.139. The first-order valence-corrected chi connectivity index (χ1v) is 10.3. The van der Waals surface area contributed by atoms with Gasteiger partial charge in [-0.05, 0) is 5.92 Å². The van der Waals surface area contributed by atoms with Crippen molar-refractivity contribution in [3.05, 3.63) is 28.5 Å². The first-order valence-electron chi connectivity index (χ1n) is 9.91. The molecule has 1 aromatic carbocycles. The number of halogens is 1. The molecule has 0 saturated heterocycles. The Hall–Kier alpha value is -2.78. The molecule has 1 spiro atoms. The number of ether oxygens (including phenoxy) is 4. The SMILES string of the molecule is CC(C)[C@H](N)C(=O)O.COC1=CC(=O)C[C@@H](C)[C@]12Oc1c(Cl)c(OC)cc(OC)c1C2=O. The number of hydrogen-bond donors (Lipinski definition) is 2. The van der Waals surface area contributed by atoms with Crippen molar-refractivity contribution in [2.75, 3.05) is 21.3 Å². The van der Waals surface area contributed by atoms with E-state index in [1.165, 1.54) is 33.5 Å². The third-order valence-electron chi connectivity index (χ3n) is 5.50. The van der Waals surface area contributed by atoms with Gasteiger partial charge < -0.3 is 29.8 Å². The smallest absolute Gasteiger partial charge is 0.320 e. The normalized spacial score (nSPS) is 22.4. The third kappa shape index (κ3) is 4.27. The summed E-state index contributed by atoms with van der Waals surface area (Å²) in [6.45, 7) is 5.32. The molecule has 1 aliphatic carbocycles. The van der Waals surface area contributed by atoms with Crippen molar-refractivity contribution in [3.8, 4) is 17.2 Å². The average Bonchev–Trinajstić information content (AvgIpc) is 3.05. The van der Waals surface area contributed by atoms with Crippen molar-refractivity contribution in [1.29, 1.82) is 0 Å². The molecule has 0 radical (unpaired) electrons. The van der Waals surface area contributed by atoms with E-state index < -0.39 is 23.5 Å². The number of benzene rings is 1. The Balaban J connectivity index is 0.000000390. The number of carboxylic acid groups (broad SMARTS) is 1. The van der Waals surface area contributed by atoms with E-state index in [1.807, 2.05) is 0 Å². The molecule has 1 aliphatic heterocycles. The quantitative estimate of drug-likeness (QED) is 0.667. The van der Waals surface area contributed by atoms with Crippen molar-refractivity contribution < 1.29 is 38.4 Å². The Morgan fingerprint density at radius 2 is 1.81 bits per heavy atom. The van der Waals surface area contributed by atoms with E-state index in [4.69, 9.17) is 41.4 Å². The van der Waals surface area contributed by atoms with Gasteiger partial charge in [-0.2, -0.15) is 0 Å². The molecule has 1 aromatic rings. The summed E-state index contributed by atoms with van der Waals surface area (Å²) in [5.74, 6) is -0.803. The molecule has 0 amide bonds. The predicted molar refractivity (Wildman–Crippen MR) is 117 cm³/mol.